The lowest BCUT2D eigenvalue weighted by atomic mass is 9.41. The molecule has 0 aromatic carbocycles. The average Bonchev–Trinajstić information content (AvgIpc) is 3.57. The van der Waals surface area contributed by atoms with Crippen LogP contribution in [0.4, 0.5) is 0 Å². The number of carbonyl (C=O) groups is 2. The zero-order valence-electron chi connectivity index (χ0n) is 32.9. The molecule has 0 aromatic rings. The predicted octanol–water partition coefficient (Wildman–Crippen LogP) is 5.48. The van der Waals surface area contributed by atoms with Crippen LogP contribution in [-0.4, -0.2) is 88.0 Å². The van der Waals surface area contributed by atoms with Gasteiger partial charge >= 0.3 is 11.9 Å². The number of esters is 2. The highest BCUT2D eigenvalue weighted by atomic mass is 16.7. The van der Waals surface area contributed by atoms with Crippen LogP contribution in [-0.2, 0) is 33.3 Å². The van der Waals surface area contributed by atoms with Crippen molar-refractivity contribution in [3.05, 3.63) is 12.2 Å². The fourth-order valence-electron chi connectivity index (χ4n) is 15.6. The first-order chi connectivity index (χ1) is 24.3. The quantitative estimate of drug-likeness (QED) is 0.183. The molecular weight excluding hydrogens is 664 g/mol. The molecule has 292 valence electrons. The Kier molecular flexibility index (Phi) is 8.43. The summed E-state index contributed by atoms with van der Waals surface area (Å²) in [5, 5.41) is 34.2. The van der Waals surface area contributed by atoms with E-state index in [0.717, 1.165) is 44.9 Å². The van der Waals surface area contributed by atoms with Gasteiger partial charge in [-0.25, -0.2) is 4.79 Å². The molecule has 52 heavy (non-hydrogen) atoms. The maximum absolute atomic E-state index is 13.0. The second-order valence-electron chi connectivity index (χ2n) is 20.2. The van der Waals surface area contributed by atoms with E-state index in [2.05, 4.69) is 34.6 Å². The SMILES string of the molecule is C/C=C/C(=O)O[C@H]1[C@H](O[C@H]2CC[C@]34C[C@]35CC[C@]3(C)[C@H]6[C@H](C)C[C@H]7O[C@@]6(C[C@@H]7C(C)(C)OC(C)=O)[C@H](O)[C@@]3(C)[C@@H]5CC[C@H]4C2(C)C)OC[C@@H](O)[C@@H]1O. The van der Waals surface area contributed by atoms with E-state index in [1.807, 2.05) is 13.8 Å². The lowest BCUT2D eigenvalue weighted by Gasteiger charge is -2.64. The monoisotopic (exact) mass is 728 g/mol. The highest BCUT2D eigenvalue weighted by Crippen LogP contribution is 2.90. The summed E-state index contributed by atoms with van der Waals surface area (Å²) in [6.07, 6.45) is 6.44. The van der Waals surface area contributed by atoms with Gasteiger partial charge in [0.05, 0.1) is 30.5 Å². The van der Waals surface area contributed by atoms with Gasteiger partial charge in [-0.15, -0.1) is 0 Å². The second kappa shape index (κ2) is 11.7. The molecule has 3 aliphatic heterocycles. The third kappa shape index (κ3) is 4.63. The van der Waals surface area contributed by atoms with Gasteiger partial charge in [0.25, 0.3) is 0 Å². The largest absolute Gasteiger partial charge is 0.459 e. The smallest absolute Gasteiger partial charge is 0.330 e. The molecule has 10 heteroatoms. The molecule has 0 unspecified atom stereocenters. The second-order valence-corrected chi connectivity index (χ2v) is 20.2. The summed E-state index contributed by atoms with van der Waals surface area (Å²) in [6, 6.07) is 0. The molecule has 3 saturated heterocycles. The van der Waals surface area contributed by atoms with E-state index in [-0.39, 0.29) is 63.7 Å². The number of fused-ring (bicyclic) bond motifs is 4. The highest BCUT2D eigenvalue weighted by molar-refractivity contribution is 5.82. The number of hydrogen-bond acceptors (Lipinski definition) is 10. The summed E-state index contributed by atoms with van der Waals surface area (Å²) in [4.78, 5) is 24.6. The summed E-state index contributed by atoms with van der Waals surface area (Å²) >= 11 is 0. The molecule has 0 radical (unpaired) electrons. The first kappa shape index (κ1) is 37.4. The zero-order chi connectivity index (χ0) is 37.6. The van der Waals surface area contributed by atoms with Crippen molar-refractivity contribution in [3.8, 4) is 0 Å². The Morgan fingerprint density at radius 2 is 1.65 bits per heavy atom. The van der Waals surface area contributed by atoms with Gasteiger partial charge in [-0.05, 0) is 124 Å². The van der Waals surface area contributed by atoms with Crippen molar-refractivity contribution in [3.63, 3.8) is 0 Å². The Morgan fingerprint density at radius 1 is 0.962 bits per heavy atom. The van der Waals surface area contributed by atoms with Gasteiger partial charge < -0.3 is 39.0 Å². The van der Waals surface area contributed by atoms with Crippen LogP contribution in [0, 0.1) is 56.7 Å². The van der Waals surface area contributed by atoms with Crippen LogP contribution in [0.15, 0.2) is 12.2 Å². The normalized spacial score (nSPS) is 54.3. The summed E-state index contributed by atoms with van der Waals surface area (Å²) in [7, 11) is 0. The first-order valence-electron chi connectivity index (χ1n) is 20.3. The maximum atomic E-state index is 13.0. The summed E-state index contributed by atoms with van der Waals surface area (Å²) in [5.41, 5.74) is -1.62. The molecule has 3 spiro atoms. The molecule has 0 amide bonds. The van der Waals surface area contributed by atoms with E-state index in [9.17, 15) is 24.9 Å². The van der Waals surface area contributed by atoms with Gasteiger partial charge in [-0.3, -0.25) is 4.79 Å². The van der Waals surface area contributed by atoms with Crippen molar-refractivity contribution in [1.29, 1.82) is 0 Å². The van der Waals surface area contributed by atoms with Crippen molar-refractivity contribution in [2.45, 2.75) is 174 Å². The lowest BCUT2D eigenvalue weighted by Crippen LogP contribution is -2.61. The van der Waals surface area contributed by atoms with E-state index < -0.39 is 47.9 Å². The van der Waals surface area contributed by atoms with Crippen LogP contribution in [0.1, 0.15) is 120 Å². The van der Waals surface area contributed by atoms with Crippen LogP contribution in [0.3, 0.4) is 0 Å². The van der Waals surface area contributed by atoms with Crippen LogP contribution >= 0.6 is 0 Å². The van der Waals surface area contributed by atoms with Gasteiger partial charge in [0.15, 0.2) is 12.4 Å². The number of aliphatic hydroxyl groups is 3. The van der Waals surface area contributed by atoms with E-state index in [1.54, 1.807) is 13.0 Å². The van der Waals surface area contributed by atoms with Crippen molar-refractivity contribution in [2.75, 3.05) is 6.61 Å². The van der Waals surface area contributed by atoms with Gasteiger partial charge in [0, 0.05) is 24.3 Å². The lowest BCUT2D eigenvalue weighted by molar-refractivity contribution is -0.305. The van der Waals surface area contributed by atoms with E-state index in [0.29, 0.717) is 17.8 Å². The number of allylic oxidation sites excluding steroid dienone is 1. The highest BCUT2D eigenvalue weighted by Gasteiger charge is 2.87. The van der Waals surface area contributed by atoms with Crippen LogP contribution in [0.2, 0.25) is 0 Å². The number of rotatable bonds is 6. The number of aliphatic hydroxyl groups excluding tert-OH is 3. The van der Waals surface area contributed by atoms with Crippen LogP contribution in [0.5, 0.6) is 0 Å². The third-order valence-electron chi connectivity index (χ3n) is 17.6. The molecule has 10 nitrogen and oxygen atoms in total. The summed E-state index contributed by atoms with van der Waals surface area (Å²) in [5.74, 6) is 0.560. The third-order valence-corrected chi connectivity index (χ3v) is 17.6. The fraction of sp³-hybridized carbons (Fsp3) is 0.905. The topological polar surface area (TPSA) is 141 Å². The molecule has 8 aliphatic rings. The molecule has 5 saturated carbocycles. The van der Waals surface area contributed by atoms with Crippen LogP contribution in [0.25, 0.3) is 0 Å². The zero-order valence-corrected chi connectivity index (χ0v) is 32.9. The molecular formula is C42H64O10. The maximum Gasteiger partial charge on any atom is 0.330 e. The summed E-state index contributed by atoms with van der Waals surface area (Å²) < 4.78 is 31.3. The minimum Gasteiger partial charge on any atom is -0.459 e. The molecule has 5 aliphatic carbocycles. The molecule has 8 rings (SSSR count). The molecule has 17 atom stereocenters. The van der Waals surface area contributed by atoms with Crippen LogP contribution < -0.4 is 0 Å². The first-order valence-corrected chi connectivity index (χ1v) is 20.3. The average molecular weight is 729 g/mol. The molecule has 2 bridgehead atoms. The van der Waals surface area contributed by atoms with Crippen molar-refractivity contribution in [2.24, 2.45) is 56.7 Å². The van der Waals surface area contributed by atoms with E-state index in [4.69, 9.17) is 23.7 Å². The molecule has 3 heterocycles. The minimum absolute atomic E-state index is 0.0302. The van der Waals surface area contributed by atoms with Gasteiger partial charge in [-0.1, -0.05) is 40.7 Å². The van der Waals surface area contributed by atoms with Crippen molar-refractivity contribution < 1.29 is 48.6 Å². The number of hydrogen-bond donors (Lipinski definition) is 3. The predicted molar refractivity (Wildman–Crippen MR) is 190 cm³/mol. The minimum atomic E-state index is -1.31. The number of ether oxygens (including phenoxy) is 5. The Labute approximate surface area is 309 Å². The molecule has 0 aromatic heterocycles. The van der Waals surface area contributed by atoms with Gasteiger partial charge in [0.1, 0.15) is 17.8 Å². The van der Waals surface area contributed by atoms with Crippen molar-refractivity contribution in [1.82, 2.24) is 0 Å². The Morgan fingerprint density at radius 3 is 2.35 bits per heavy atom. The summed E-state index contributed by atoms with van der Waals surface area (Å²) in [6.45, 7) is 19.1. The van der Waals surface area contributed by atoms with Crippen molar-refractivity contribution >= 4 is 11.9 Å². The van der Waals surface area contributed by atoms with E-state index >= 15 is 0 Å². The van der Waals surface area contributed by atoms with Gasteiger partial charge in [-0.2, -0.15) is 0 Å². The molecule has 8 fully saturated rings. The Balaban J connectivity index is 1.06. The molecule has 3 N–H and O–H groups in total. The number of carbonyl (C=O) groups excluding carboxylic acids is 2. The Bertz CT molecular complexity index is 1510. The fourth-order valence-corrected chi connectivity index (χ4v) is 15.6. The van der Waals surface area contributed by atoms with E-state index in [1.165, 1.54) is 25.8 Å². The standard InChI is InChI=1S/C42H64O10/c1-10-11-30(45)50-32-31(46)25(44)20-48-34(32)49-29-14-15-40-21-41(40)17-16-38(8)33-22(2)18-26-24(37(6,7)51-23(3)43)19-42(33,52-26)35(47)39(38,9)28(41)13-12-27(40)36(29,4)5/h10-11,22,24-29,31-35,44,46-47H,12-21H2,1-9H3/b11-10+/t22-,24+,25-,26-,27+,28+,29+,31+,32-,33-,34+,35-,38-,39-,40-,41+,42-/m1/s1. The van der Waals surface area contributed by atoms with Gasteiger partial charge in [0.2, 0.25) is 0 Å². The Hall–Kier alpha value is -1.56.